The fourth-order valence-electron chi connectivity index (χ4n) is 5.34. The zero-order chi connectivity index (χ0) is 33.0. The second kappa shape index (κ2) is 14.7. The number of halogens is 1. The van der Waals surface area contributed by atoms with Crippen molar-refractivity contribution in [3.05, 3.63) is 48.0 Å². The highest BCUT2D eigenvalue weighted by molar-refractivity contribution is 7.94. The van der Waals surface area contributed by atoms with Crippen LogP contribution in [0.15, 0.2) is 50.0 Å². The van der Waals surface area contributed by atoms with Crippen molar-refractivity contribution in [1.29, 1.82) is 0 Å². The Labute approximate surface area is 268 Å². The molecule has 3 aromatic rings. The first-order valence-electron chi connectivity index (χ1n) is 14.4. The van der Waals surface area contributed by atoms with Crippen molar-refractivity contribution >= 4 is 52.2 Å². The maximum absolute atomic E-state index is 14.2. The summed E-state index contributed by atoms with van der Waals surface area (Å²) in [4.78, 5) is 3.80. The summed E-state index contributed by atoms with van der Waals surface area (Å²) in [6.45, 7) is 7.24. The molecule has 18 heteroatoms. The molecule has 1 aromatic carbocycles. The van der Waals surface area contributed by atoms with Gasteiger partial charge in [-0.3, -0.25) is 4.98 Å². The van der Waals surface area contributed by atoms with E-state index in [1.807, 2.05) is 13.8 Å². The predicted octanol–water partition coefficient (Wildman–Crippen LogP) is 1.83. The molecule has 0 aliphatic carbocycles. The second-order valence-corrected chi connectivity index (χ2v) is 17.5. The number of nitrogens with two attached hydrogens (primary N) is 1. The van der Waals surface area contributed by atoms with Gasteiger partial charge in [-0.25, -0.2) is 34.8 Å². The van der Waals surface area contributed by atoms with Crippen molar-refractivity contribution in [3.8, 4) is 0 Å². The van der Waals surface area contributed by atoms with Crippen LogP contribution in [-0.4, -0.2) is 97.9 Å². The van der Waals surface area contributed by atoms with Crippen LogP contribution in [0.4, 0.5) is 4.39 Å². The maximum Gasteiger partial charge on any atom is 0.252 e. The van der Waals surface area contributed by atoms with Crippen molar-refractivity contribution in [2.24, 2.45) is 5.14 Å². The zero-order valence-corrected chi connectivity index (χ0v) is 28.5. The molecule has 2 aromatic heterocycles. The largest absolute Gasteiger partial charge is 0.385 e. The van der Waals surface area contributed by atoms with Crippen LogP contribution in [0.5, 0.6) is 0 Å². The highest BCUT2D eigenvalue weighted by atomic mass is 32.3. The van der Waals surface area contributed by atoms with Gasteiger partial charge in [0.25, 0.3) is 10.0 Å². The number of pyridine rings is 1. The summed E-state index contributed by atoms with van der Waals surface area (Å²) in [6.07, 6.45) is 3.83. The lowest BCUT2D eigenvalue weighted by Gasteiger charge is -2.32. The molecule has 4 heterocycles. The standard InChI is InChI=1S/C15H18FN3O2S.C12H21N3O5S3/c1-11-8-17-6-3-7-19(11)22(20,21)14-5-2-4-12-9-18-10-13(16)15(12)14;1-3-14-10-8-15(5-4-6-20-2)23(18,19)12-9(10)7-11(21-12)22(13,16)17/h2,4-5,9-11,17H,3,6-8H2,1H3;7,10,14H,3-6,8H2,1-2H3,(H2,13,16,17)/t11-;10-/m00/s1. The summed E-state index contributed by atoms with van der Waals surface area (Å²) in [5, 5.41) is 12.2. The number of sulfonamides is 3. The first-order valence-corrected chi connectivity index (χ1v) is 19.6. The van der Waals surface area contributed by atoms with E-state index in [9.17, 15) is 29.6 Å². The monoisotopic (exact) mass is 706 g/mol. The van der Waals surface area contributed by atoms with E-state index < -0.39 is 35.9 Å². The number of nitrogens with zero attached hydrogens (tertiary/aromatic N) is 3. The van der Waals surface area contributed by atoms with Gasteiger partial charge < -0.3 is 15.4 Å². The summed E-state index contributed by atoms with van der Waals surface area (Å²) < 4.78 is 96.5. The molecule has 0 saturated carbocycles. The average molecular weight is 707 g/mol. The third-order valence-corrected chi connectivity index (χ3v) is 14.5. The van der Waals surface area contributed by atoms with E-state index >= 15 is 0 Å². The number of benzene rings is 1. The van der Waals surface area contributed by atoms with Gasteiger partial charge in [0.2, 0.25) is 20.0 Å². The third kappa shape index (κ3) is 7.89. The van der Waals surface area contributed by atoms with Crippen molar-refractivity contribution in [2.75, 3.05) is 53.0 Å². The van der Waals surface area contributed by atoms with Gasteiger partial charge in [-0.2, -0.15) is 8.61 Å². The Balaban J connectivity index is 0.000000205. The molecular weight excluding hydrogens is 668 g/mol. The number of primary sulfonamides is 1. The van der Waals surface area contributed by atoms with E-state index in [4.69, 9.17) is 9.88 Å². The molecule has 0 radical (unpaired) electrons. The molecule has 2 aliphatic rings. The van der Waals surface area contributed by atoms with Crippen LogP contribution in [0, 0.1) is 5.82 Å². The first-order chi connectivity index (χ1) is 21.2. The molecule has 2 aliphatic heterocycles. The zero-order valence-electron chi connectivity index (χ0n) is 25.3. The van der Waals surface area contributed by atoms with Gasteiger partial charge >= 0.3 is 0 Å². The Hall–Kier alpha value is -2.13. The van der Waals surface area contributed by atoms with E-state index in [0.29, 0.717) is 61.5 Å². The molecule has 5 rings (SSSR count). The van der Waals surface area contributed by atoms with E-state index in [-0.39, 0.29) is 37.3 Å². The van der Waals surface area contributed by atoms with Gasteiger partial charge in [0, 0.05) is 74.5 Å². The molecule has 2 atom stereocenters. The number of hydrogen-bond donors (Lipinski definition) is 3. The minimum atomic E-state index is -3.94. The number of fused-ring (bicyclic) bond motifs is 2. The van der Waals surface area contributed by atoms with Crippen molar-refractivity contribution < 1.29 is 34.4 Å². The topological polar surface area (TPSA) is 181 Å². The summed E-state index contributed by atoms with van der Waals surface area (Å²) in [5.74, 6) is -0.614. The molecule has 1 fully saturated rings. The van der Waals surface area contributed by atoms with Crippen LogP contribution in [0.3, 0.4) is 0 Å². The fourth-order valence-corrected chi connectivity index (χ4v) is 11.5. The Bertz CT molecular complexity index is 1810. The average Bonchev–Trinajstić information content (AvgIpc) is 3.35. The third-order valence-electron chi connectivity index (χ3n) is 7.47. The Morgan fingerprint density at radius 3 is 2.69 bits per heavy atom. The number of rotatable bonds is 9. The lowest BCUT2D eigenvalue weighted by molar-refractivity contribution is 0.185. The summed E-state index contributed by atoms with van der Waals surface area (Å²) in [5.41, 5.74) is 0.476. The molecule has 45 heavy (non-hydrogen) atoms. The van der Waals surface area contributed by atoms with Crippen LogP contribution in [-0.2, 0) is 34.8 Å². The van der Waals surface area contributed by atoms with Gasteiger partial charge in [0.05, 0.1) is 11.1 Å². The van der Waals surface area contributed by atoms with E-state index in [1.165, 1.54) is 26.9 Å². The number of thiophene rings is 1. The first kappa shape index (κ1) is 35.7. The normalized spacial score (nSPS) is 21.1. The number of ether oxygens (including phenoxy) is 1. The lowest BCUT2D eigenvalue weighted by atomic mass is 10.1. The lowest BCUT2D eigenvalue weighted by Crippen LogP contribution is -2.43. The van der Waals surface area contributed by atoms with Crippen LogP contribution in [0.25, 0.3) is 10.8 Å². The maximum atomic E-state index is 14.2. The van der Waals surface area contributed by atoms with Gasteiger partial charge in [0.15, 0.2) is 5.82 Å². The molecule has 0 unspecified atom stereocenters. The van der Waals surface area contributed by atoms with E-state index in [0.717, 1.165) is 19.2 Å². The number of likely N-dealkylation sites (N-methyl/N-ethyl adjacent to an activating group) is 1. The minimum Gasteiger partial charge on any atom is -0.385 e. The van der Waals surface area contributed by atoms with Gasteiger partial charge in [0.1, 0.15) is 8.42 Å². The molecule has 1 saturated heterocycles. The van der Waals surface area contributed by atoms with Crippen LogP contribution in [0.2, 0.25) is 0 Å². The molecular formula is C27H39FN6O7S4. The smallest absolute Gasteiger partial charge is 0.252 e. The van der Waals surface area contributed by atoms with Gasteiger partial charge in [-0.15, -0.1) is 11.3 Å². The van der Waals surface area contributed by atoms with Crippen LogP contribution >= 0.6 is 11.3 Å². The number of nitrogens with one attached hydrogen (secondary N) is 2. The number of hydrogen-bond acceptors (Lipinski definition) is 11. The highest BCUT2D eigenvalue weighted by Crippen LogP contribution is 2.40. The van der Waals surface area contributed by atoms with Gasteiger partial charge in [-0.05, 0) is 45.0 Å². The summed E-state index contributed by atoms with van der Waals surface area (Å²) in [6, 6.07) is 5.69. The highest BCUT2D eigenvalue weighted by Gasteiger charge is 2.39. The SMILES string of the molecule is CCN[C@H]1CN(CCCOC)S(=O)(=O)c2sc(S(N)(=O)=O)cc21.C[C@H]1CNCCCN1S(=O)(=O)c1cccc2cncc(F)c12. The summed E-state index contributed by atoms with van der Waals surface area (Å²) >= 11 is 0.708. The minimum absolute atomic E-state index is 0.0126. The molecule has 0 bridgehead atoms. The van der Waals surface area contributed by atoms with E-state index in [1.54, 1.807) is 19.2 Å². The predicted molar refractivity (Wildman–Crippen MR) is 170 cm³/mol. The van der Waals surface area contributed by atoms with E-state index in [2.05, 4.69) is 15.6 Å². The number of aromatic nitrogens is 1. The van der Waals surface area contributed by atoms with Gasteiger partial charge in [-0.1, -0.05) is 19.1 Å². The van der Waals surface area contributed by atoms with Crippen LogP contribution in [0.1, 0.15) is 38.3 Å². The molecule has 0 amide bonds. The molecule has 250 valence electrons. The molecule has 13 nitrogen and oxygen atoms in total. The van der Waals surface area contributed by atoms with Crippen molar-refractivity contribution in [2.45, 2.75) is 52.1 Å². The second-order valence-electron chi connectivity index (χ2n) is 10.7. The number of methoxy groups -OCH3 is 1. The van der Waals surface area contributed by atoms with Crippen molar-refractivity contribution in [1.82, 2.24) is 24.2 Å². The van der Waals surface area contributed by atoms with Crippen LogP contribution < -0.4 is 15.8 Å². The Morgan fingerprint density at radius 2 is 2.00 bits per heavy atom. The molecule has 0 spiro atoms. The Kier molecular flexibility index (Phi) is 11.7. The summed E-state index contributed by atoms with van der Waals surface area (Å²) in [7, 11) is -9.85. The Morgan fingerprint density at radius 1 is 1.24 bits per heavy atom. The molecule has 4 N–H and O–H groups in total. The fraction of sp³-hybridized carbons (Fsp3) is 0.519. The quantitative estimate of drug-likeness (QED) is 0.278. The van der Waals surface area contributed by atoms with Crippen molar-refractivity contribution in [3.63, 3.8) is 0 Å².